The van der Waals surface area contributed by atoms with Gasteiger partial charge >= 0.3 is 0 Å². The Labute approximate surface area is 179 Å². The fourth-order valence-electron chi connectivity index (χ4n) is 3.48. The molecule has 0 N–H and O–H groups in total. The third kappa shape index (κ3) is 4.26. The Morgan fingerprint density at radius 3 is 2.48 bits per heavy atom. The SMILES string of the molecule is Cc1cc(N2CCN(C(=O)c3sc(-c4cccc(Cl)c4)nc3C)CC2)nc(C)n1. The molecular weight excluding hydrogens is 406 g/mol. The van der Waals surface area contributed by atoms with E-state index in [1.54, 1.807) is 0 Å². The summed E-state index contributed by atoms with van der Waals surface area (Å²) in [5.74, 6) is 1.75. The molecule has 1 fully saturated rings. The highest BCUT2D eigenvalue weighted by Gasteiger charge is 2.26. The highest BCUT2D eigenvalue weighted by molar-refractivity contribution is 7.17. The number of aryl methyl sites for hydroxylation is 3. The van der Waals surface area contributed by atoms with Crippen LogP contribution in [0.3, 0.4) is 0 Å². The predicted molar refractivity (Wildman–Crippen MR) is 117 cm³/mol. The molecule has 0 saturated carbocycles. The van der Waals surface area contributed by atoms with Gasteiger partial charge in [-0.1, -0.05) is 23.7 Å². The first kappa shape index (κ1) is 19.8. The summed E-state index contributed by atoms with van der Waals surface area (Å²) in [5.41, 5.74) is 2.66. The Balaban J connectivity index is 1.47. The van der Waals surface area contributed by atoms with Gasteiger partial charge in [-0.25, -0.2) is 15.0 Å². The number of piperazine rings is 1. The number of aromatic nitrogens is 3. The zero-order chi connectivity index (χ0) is 20.5. The van der Waals surface area contributed by atoms with Crippen LogP contribution in [0.2, 0.25) is 5.02 Å². The van der Waals surface area contributed by atoms with Crippen LogP contribution in [-0.4, -0.2) is 51.9 Å². The minimum atomic E-state index is 0.0444. The molecule has 1 aromatic carbocycles. The molecule has 8 heteroatoms. The van der Waals surface area contributed by atoms with Crippen molar-refractivity contribution in [1.82, 2.24) is 19.9 Å². The van der Waals surface area contributed by atoms with E-state index >= 15 is 0 Å². The van der Waals surface area contributed by atoms with Gasteiger partial charge in [0.15, 0.2) is 0 Å². The number of amides is 1. The Hall–Kier alpha value is -2.51. The lowest BCUT2D eigenvalue weighted by Gasteiger charge is -2.35. The first-order valence-corrected chi connectivity index (χ1v) is 10.7. The number of hydrogen-bond donors (Lipinski definition) is 0. The van der Waals surface area contributed by atoms with Crippen LogP contribution in [0.1, 0.15) is 26.9 Å². The van der Waals surface area contributed by atoms with Crippen LogP contribution in [0.15, 0.2) is 30.3 Å². The van der Waals surface area contributed by atoms with Crippen molar-refractivity contribution in [3.8, 4) is 10.6 Å². The summed E-state index contributed by atoms with van der Waals surface area (Å²) in [5, 5.41) is 1.48. The fraction of sp³-hybridized carbons (Fsp3) is 0.333. The summed E-state index contributed by atoms with van der Waals surface area (Å²) in [6, 6.07) is 9.56. The third-order valence-corrected chi connectivity index (χ3v) is 6.34. The molecule has 3 heterocycles. The van der Waals surface area contributed by atoms with Gasteiger partial charge in [-0.15, -0.1) is 11.3 Å². The van der Waals surface area contributed by atoms with E-state index in [-0.39, 0.29) is 5.91 Å². The highest BCUT2D eigenvalue weighted by atomic mass is 35.5. The number of carbonyl (C=O) groups excluding carboxylic acids is 1. The summed E-state index contributed by atoms with van der Waals surface area (Å²) in [4.78, 5) is 31.4. The molecule has 0 aliphatic carbocycles. The first-order valence-electron chi connectivity index (χ1n) is 9.50. The van der Waals surface area contributed by atoms with Crippen LogP contribution in [0.4, 0.5) is 5.82 Å². The molecular formula is C21H22ClN5OS. The van der Waals surface area contributed by atoms with Gasteiger partial charge in [-0.2, -0.15) is 0 Å². The lowest BCUT2D eigenvalue weighted by atomic mass is 10.2. The van der Waals surface area contributed by atoms with Crippen molar-refractivity contribution >= 4 is 34.7 Å². The number of benzene rings is 1. The fourth-order valence-corrected chi connectivity index (χ4v) is 4.70. The molecule has 1 aliphatic heterocycles. The van der Waals surface area contributed by atoms with Gasteiger partial charge in [-0.05, 0) is 32.9 Å². The van der Waals surface area contributed by atoms with E-state index < -0.39 is 0 Å². The van der Waals surface area contributed by atoms with Gasteiger partial charge in [0.05, 0.1) is 5.69 Å². The minimum absolute atomic E-state index is 0.0444. The average molecular weight is 428 g/mol. The smallest absolute Gasteiger partial charge is 0.265 e. The van der Waals surface area contributed by atoms with Crippen LogP contribution in [0.25, 0.3) is 10.6 Å². The Kier molecular flexibility index (Phi) is 5.52. The standard InChI is InChI=1S/C21H22ClN5OS/c1-13-11-18(25-15(3)23-13)26-7-9-27(10-8-26)21(28)19-14(2)24-20(29-19)16-5-4-6-17(22)12-16/h4-6,11-12H,7-10H2,1-3H3. The maximum absolute atomic E-state index is 13.1. The van der Waals surface area contributed by atoms with Crippen LogP contribution >= 0.6 is 22.9 Å². The third-order valence-electron chi connectivity index (χ3n) is 4.91. The summed E-state index contributed by atoms with van der Waals surface area (Å²) in [6.07, 6.45) is 0. The van der Waals surface area contributed by atoms with E-state index in [0.29, 0.717) is 23.0 Å². The molecule has 4 rings (SSSR count). The quantitative estimate of drug-likeness (QED) is 0.628. The molecule has 0 unspecified atom stereocenters. The normalized spacial score (nSPS) is 14.3. The number of halogens is 1. The number of hydrogen-bond acceptors (Lipinski definition) is 6. The number of anilines is 1. The van der Waals surface area contributed by atoms with Crippen LogP contribution in [0.5, 0.6) is 0 Å². The molecule has 1 saturated heterocycles. The molecule has 0 spiro atoms. The molecule has 1 aliphatic rings. The Bertz CT molecular complexity index is 1040. The van der Waals surface area contributed by atoms with E-state index in [1.165, 1.54) is 11.3 Å². The molecule has 3 aromatic rings. The molecule has 29 heavy (non-hydrogen) atoms. The highest BCUT2D eigenvalue weighted by Crippen LogP contribution is 2.30. The van der Waals surface area contributed by atoms with Gasteiger partial charge < -0.3 is 9.80 Å². The Morgan fingerprint density at radius 1 is 1.03 bits per heavy atom. The topological polar surface area (TPSA) is 62.2 Å². The molecule has 0 radical (unpaired) electrons. The van der Waals surface area contributed by atoms with E-state index in [2.05, 4.69) is 19.9 Å². The molecule has 6 nitrogen and oxygen atoms in total. The summed E-state index contributed by atoms with van der Waals surface area (Å²) >= 11 is 7.53. The van der Waals surface area contributed by atoms with Gasteiger partial charge in [-0.3, -0.25) is 4.79 Å². The number of nitrogens with zero attached hydrogens (tertiary/aromatic N) is 5. The van der Waals surface area contributed by atoms with E-state index in [4.69, 9.17) is 11.6 Å². The number of carbonyl (C=O) groups is 1. The van der Waals surface area contributed by atoms with E-state index in [1.807, 2.05) is 56.0 Å². The van der Waals surface area contributed by atoms with Crippen LogP contribution < -0.4 is 4.90 Å². The molecule has 0 atom stereocenters. The zero-order valence-electron chi connectivity index (χ0n) is 16.6. The maximum Gasteiger partial charge on any atom is 0.265 e. The molecule has 1 amide bonds. The predicted octanol–water partition coefficient (Wildman–Crippen LogP) is 4.14. The van der Waals surface area contributed by atoms with E-state index in [0.717, 1.165) is 46.7 Å². The zero-order valence-corrected chi connectivity index (χ0v) is 18.2. The average Bonchev–Trinajstić information content (AvgIpc) is 3.08. The van der Waals surface area contributed by atoms with Crippen LogP contribution in [0, 0.1) is 20.8 Å². The van der Waals surface area contributed by atoms with Gasteiger partial charge in [0.2, 0.25) is 0 Å². The van der Waals surface area contributed by atoms with Crippen molar-refractivity contribution in [1.29, 1.82) is 0 Å². The van der Waals surface area contributed by atoms with E-state index in [9.17, 15) is 4.79 Å². The number of thiazole rings is 1. The summed E-state index contributed by atoms with van der Waals surface area (Å²) in [7, 11) is 0. The monoisotopic (exact) mass is 427 g/mol. The van der Waals surface area contributed by atoms with Crippen LogP contribution in [-0.2, 0) is 0 Å². The minimum Gasteiger partial charge on any atom is -0.353 e. The van der Waals surface area contributed by atoms with Crippen molar-refractivity contribution in [2.75, 3.05) is 31.1 Å². The molecule has 2 aromatic heterocycles. The second-order valence-electron chi connectivity index (χ2n) is 7.14. The van der Waals surface area contributed by atoms with Crippen molar-refractivity contribution in [2.24, 2.45) is 0 Å². The first-order chi connectivity index (χ1) is 13.9. The number of rotatable bonds is 3. The van der Waals surface area contributed by atoms with Crippen molar-refractivity contribution in [3.63, 3.8) is 0 Å². The maximum atomic E-state index is 13.1. The largest absolute Gasteiger partial charge is 0.353 e. The summed E-state index contributed by atoms with van der Waals surface area (Å²) < 4.78 is 0. The van der Waals surface area contributed by atoms with Gasteiger partial charge in [0, 0.05) is 48.5 Å². The van der Waals surface area contributed by atoms with Crippen molar-refractivity contribution in [3.05, 3.63) is 57.4 Å². The summed E-state index contributed by atoms with van der Waals surface area (Å²) in [6.45, 7) is 8.58. The molecule has 150 valence electrons. The van der Waals surface area contributed by atoms with Crippen molar-refractivity contribution in [2.45, 2.75) is 20.8 Å². The lowest BCUT2D eigenvalue weighted by Crippen LogP contribution is -2.49. The second-order valence-corrected chi connectivity index (χ2v) is 8.57. The second kappa shape index (κ2) is 8.08. The lowest BCUT2D eigenvalue weighted by molar-refractivity contribution is 0.0750. The molecule has 0 bridgehead atoms. The van der Waals surface area contributed by atoms with Crippen molar-refractivity contribution < 1.29 is 4.79 Å². The Morgan fingerprint density at radius 2 is 1.79 bits per heavy atom. The van der Waals surface area contributed by atoms with Gasteiger partial charge in [0.1, 0.15) is 21.5 Å². The van der Waals surface area contributed by atoms with Gasteiger partial charge in [0.25, 0.3) is 5.91 Å².